The highest BCUT2D eigenvalue weighted by atomic mass is 16.5. The van der Waals surface area contributed by atoms with Crippen LogP contribution in [0.15, 0.2) is 0 Å². The van der Waals surface area contributed by atoms with Gasteiger partial charge in [0, 0.05) is 12.6 Å². The van der Waals surface area contributed by atoms with Gasteiger partial charge in [0.1, 0.15) is 5.54 Å². The molecule has 0 rings (SSSR count). The first-order valence-electron chi connectivity index (χ1n) is 6.24. The number of carbonyl (C=O) groups excluding carboxylic acids is 1. The zero-order valence-corrected chi connectivity index (χ0v) is 12.3. The molecule has 2 unspecified atom stereocenters. The highest BCUT2D eigenvalue weighted by Crippen LogP contribution is 2.17. The van der Waals surface area contributed by atoms with Gasteiger partial charge >= 0.3 is 5.97 Å². The fraction of sp³-hybridized carbons (Fsp3) is 0.923. The first-order valence-corrected chi connectivity index (χ1v) is 6.24. The third-order valence-corrected chi connectivity index (χ3v) is 3.30. The topological polar surface area (TPSA) is 41.6 Å². The predicted molar refractivity (Wildman–Crippen MR) is 71.0 cm³/mol. The Labute approximate surface area is 106 Å². The number of esters is 1. The zero-order chi connectivity index (χ0) is 13.6. The summed E-state index contributed by atoms with van der Waals surface area (Å²) in [4.78, 5) is 14.0. The van der Waals surface area contributed by atoms with Gasteiger partial charge in [-0.15, -0.1) is 0 Å². The van der Waals surface area contributed by atoms with Crippen LogP contribution in [0.4, 0.5) is 0 Å². The largest absolute Gasteiger partial charge is 0.468 e. The lowest BCUT2D eigenvalue weighted by atomic mass is 9.93. The number of rotatable bonds is 7. The number of nitrogens with zero attached hydrogens (tertiary/aromatic N) is 1. The lowest BCUT2D eigenvalue weighted by molar-refractivity contribution is -0.148. The van der Waals surface area contributed by atoms with E-state index in [1.807, 2.05) is 6.92 Å². The van der Waals surface area contributed by atoms with Gasteiger partial charge in [-0.2, -0.15) is 0 Å². The molecule has 0 aromatic rings. The van der Waals surface area contributed by atoms with Crippen molar-refractivity contribution in [3.05, 3.63) is 0 Å². The van der Waals surface area contributed by atoms with Crippen molar-refractivity contribution in [3.63, 3.8) is 0 Å². The van der Waals surface area contributed by atoms with Gasteiger partial charge in [0.25, 0.3) is 0 Å². The normalized spacial score (nSPS) is 17.0. The van der Waals surface area contributed by atoms with E-state index in [-0.39, 0.29) is 5.97 Å². The lowest BCUT2D eigenvalue weighted by Gasteiger charge is -2.34. The Balaban J connectivity index is 4.51. The van der Waals surface area contributed by atoms with E-state index in [9.17, 15) is 4.79 Å². The van der Waals surface area contributed by atoms with Crippen LogP contribution in [0.1, 0.15) is 34.1 Å². The smallest absolute Gasteiger partial charge is 0.325 e. The van der Waals surface area contributed by atoms with Crippen molar-refractivity contribution in [2.45, 2.75) is 45.7 Å². The third-order valence-electron chi connectivity index (χ3n) is 3.30. The van der Waals surface area contributed by atoms with Crippen molar-refractivity contribution < 1.29 is 9.53 Å². The van der Waals surface area contributed by atoms with Crippen molar-refractivity contribution >= 4 is 5.97 Å². The molecule has 1 N–H and O–H groups in total. The Bertz CT molecular complexity index is 244. The Hall–Kier alpha value is -0.610. The maximum Gasteiger partial charge on any atom is 0.325 e. The van der Waals surface area contributed by atoms with Crippen molar-refractivity contribution in [2.24, 2.45) is 5.92 Å². The second-order valence-electron chi connectivity index (χ2n) is 5.46. The second-order valence-corrected chi connectivity index (χ2v) is 5.46. The van der Waals surface area contributed by atoms with Crippen molar-refractivity contribution in [3.8, 4) is 0 Å². The average molecular weight is 244 g/mol. The maximum atomic E-state index is 11.7. The van der Waals surface area contributed by atoms with Crippen LogP contribution in [-0.2, 0) is 9.53 Å². The molecule has 0 spiro atoms. The number of methoxy groups -OCH3 is 1. The van der Waals surface area contributed by atoms with Gasteiger partial charge in [0.2, 0.25) is 0 Å². The predicted octanol–water partition coefficient (Wildman–Crippen LogP) is 1.50. The fourth-order valence-electron chi connectivity index (χ4n) is 2.02. The van der Waals surface area contributed by atoms with Gasteiger partial charge in [-0.3, -0.25) is 4.79 Å². The quantitative estimate of drug-likeness (QED) is 0.689. The van der Waals surface area contributed by atoms with Crippen LogP contribution in [0.25, 0.3) is 0 Å². The molecule has 0 saturated carbocycles. The summed E-state index contributed by atoms with van der Waals surface area (Å²) in [6, 6.07) is 0.328. The molecule has 4 heteroatoms. The van der Waals surface area contributed by atoms with E-state index in [4.69, 9.17) is 4.74 Å². The summed E-state index contributed by atoms with van der Waals surface area (Å²) >= 11 is 0. The number of likely N-dealkylation sites (N-methyl/N-ethyl adjacent to an activating group) is 1. The molecule has 0 radical (unpaired) electrons. The van der Waals surface area contributed by atoms with Crippen LogP contribution < -0.4 is 5.32 Å². The lowest BCUT2D eigenvalue weighted by Crippen LogP contribution is -2.52. The first kappa shape index (κ1) is 16.4. The summed E-state index contributed by atoms with van der Waals surface area (Å²) < 4.78 is 4.85. The minimum atomic E-state index is -0.612. The molecule has 0 aliphatic rings. The zero-order valence-electron chi connectivity index (χ0n) is 12.3. The molecule has 0 bridgehead atoms. The third kappa shape index (κ3) is 5.04. The number of ether oxygens (including phenoxy) is 1. The Kier molecular flexibility index (Phi) is 6.72. The Morgan fingerprint density at radius 3 is 2.29 bits per heavy atom. The van der Waals surface area contributed by atoms with Crippen LogP contribution in [0.2, 0.25) is 0 Å². The van der Waals surface area contributed by atoms with E-state index >= 15 is 0 Å². The monoisotopic (exact) mass is 244 g/mol. The summed E-state index contributed by atoms with van der Waals surface area (Å²) in [7, 11) is 5.32. The maximum absolute atomic E-state index is 11.7. The van der Waals surface area contributed by atoms with Gasteiger partial charge in [-0.05, 0) is 40.3 Å². The van der Waals surface area contributed by atoms with Crippen LogP contribution in [0.3, 0.4) is 0 Å². The van der Waals surface area contributed by atoms with Gasteiger partial charge < -0.3 is 15.0 Å². The molecule has 0 aliphatic carbocycles. The molecule has 17 heavy (non-hydrogen) atoms. The molecule has 0 saturated heterocycles. The highest BCUT2D eigenvalue weighted by molar-refractivity contribution is 5.80. The number of hydrogen-bond acceptors (Lipinski definition) is 4. The minimum absolute atomic E-state index is 0.204. The highest BCUT2D eigenvalue weighted by Gasteiger charge is 2.35. The van der Waals surface area contributed by atoms with E-state index in [0.29, 0.717) is 12.0 Å². The first-order chi connectivity index (χ1) is 7.76. The van der Waals surface area contributed by atoms with E-state index in [2.05, 4.69) is 38.0 Å². The molecule has 0 aliphatic heterocycles. The average Bonchev–Trinajstić information content (AvgIpc) is 2.26. The second kappa shape index (κ2) is 6.97. The summed E-state index contributed by atoms with van der Waals surface area (Å²) in [5.74, 6) is 0.422. The Morgan fingerprint density at radius 1 is 1.41 bits per heavy atom. The van der Waals surface area contributed by atoms with Gasteiger partial charge in [0.15, 0.2) is 0 Å². The molecule has 0 fully saturated rings. The van der Waals surface area contributed by atoms with Crippen molar-refractivity contribution in [1.29, 1.82) is 0 Å². The molecule has 0 heterocycles. The molecule has 0 aromatic carbocycles. The standard InChI is InChI=1S/C13H28N2O2/c1-10(2)9-15(6)11(3)8-13(4,14-5)12(16)17-7/h10-11,14H,8-9H2,1-7H3. The number of nitrogens with one attached hydrogen (secondary N) is 1. The molecule has 0 amide bonds. The minimum Gasteiger partial charge on any atom is -0.468 e. The molecular formula is C13H28N2O2. The fourth-order valence-corrected chi connectivity index (χ4v) is 2.02. The summed E-state index contributed by atoms with van der Waals surface area (Å²) in [6.07, 6.45) is 0.736. The van der Waals surface area contributed by atoms with E-state index in [1.165, 1.54) is 7.11 Å². The summed E-state index contributed by atoms with van der Waals surface area (Å²) in [5.41, 5.74) is -0.612. The molecule has 2 atom stereocenters. The van der Waals surface area contributed by atoms with Gasteiger partial charge in [-0.1, -0.05) is 13.8 Å². The number of carbonyl (C=O) groups is 1. The van der Waals surface area contributed by atoms with Crippen molar-refractivity contribution in [1.82, 2.24) is 10.2 Å². The number of hydrogen-bond donors (Lipinski definition) is 1. The molecule has 4 nitrogen and oxygen atoms in total. The molecular weight excluding hydrogens is 216 g/mol. The van der Waals surface area contributed by atoms with Crippen LogP contribution >= 0.6 is 0 Å². The van der Waals surface area contributed by atoms with E-state index in [0.717, 1.165) is 13.0 Å². The van der Waals surface area contributed by atoms with Gasteiger partial charge in [-0.25, -0.2) is 0 Å². The van der Waals surface area contributed by atoms with Gasteiger partial charge in [0.05, 0.1) is 7.11 Å². The molecule has 102 valence electrons. The summed E-state index contributed by atoms with van der Waals surface area (Å²) in [5, 5.41) is 3.07. The van der Waals surface area contributed by atoms with Crippen LogP contribution in [0, 0.1) is 5.92 Å². The van der Waals surface area contributed by atoms with E-state index in [1.54, 1.807) is 7.05 Å². The van der Waals surface area contributed by atoms with Crippen LogP contribution in [-0.4, -0.2) is 50.2 Å². The van der Waals surface area contributed by atoms with Crippen molar-refractivity contribution in [2.75, 3.05) is 27.7 Å². The SMILES string of the molecule is CNC(C)(CC(C)N(C)CC(C)C)C(=O)OC. The van der Waals surface area contributed by atoms with Crippen LogP contribution in [0.5, 0.6) is 0 Å². The Morgan fingerprint density at radius 2 is 1.94 bits per heavy atom. The molecule has 0 aromatic heterocycles. The van der Waals surface area contributed by atoms with E-state index < -0.39 is 5.54 Å². The summed E-state index contributed by atoms with van der Waals surface area (Å²) in [6.45, 7) is 9.45.